The molecule has 2 aliphatic carbocycles. The number of anilines is 2. The van der Waals surface area contributed by atoms with E-state index in [4.69, 9.17) is 6.42 Å². The largest absolute Gasteiger partial charge is 0.347 e. The van der Waals surface area contributed by atoms with Gasteiger partial charge < -0.3 is 14.8 Å². The second-order valence-electron chi connectivity index (χ2n) is 14.1. The lowest BCUT2D eigenvalue weighted by molar-refractivity contribution is 0.426. The zero-order valence-electron chi connectivity index (χ0n) is 30.1. The van der Waals surface area contributed by atoms with Crippen LogP contribution >= 0.6 is 0 Å². The SMILES string of the molecule is C#CC1=C(/C=C\C)N(C2=CC=CC(c3ccc(C4(C)C=CC=CC4n4c5c(c6cc(C#N)ccc64)C=C(C#N)C=CN5)cc3C#N)C2)c2ccccc2C1. The van der Waals surface area contributed by atoms with Crippen LogP contribution in [0, 0.1) is 46.3 Å². The number of nitriles is 3. The Labute approximate surface area is 316 Å². The van der Waals surface area contributed by atoms with Crippen molar-refractivity contribution in [3.63, 3.8) is 0 Å². The summed E-state index contributed by atoms with van der Waals surface area (Å²) in [5.74, 6) is 3.76. The van der Waals surface area contributed by atoms with Crippen LogP contribution in [0.4, 0.5) is 11.5 Å². The lowest BCUT2D eigenvalue weighted by Crippen LogP contribution is -2.33. The monoisotopic (exact) mass is 696 g/mol. The number of hydrogen-bond donors (Lipinski definition) is 1. The number of allylic oxidation sites excluding steroid dienone is 13. The van der Waals surface area contributed by atoms with E-state index < -0.39 is 5.41 Å². The molecule has 0 amide bonds. The van der Waals surface area contributed by atoms with E-state index in [1.807, 2.05) is 37.3 Å². The minimum atomic E-state index is -0.561. The smallest absolute Gasteiger partial charge is 0.119 e. The van der Waals surface area contributed by atoms with Gasteiger partial charge in [0.05, 0.1) is 52.2 Å². The molecule has 0 saturated carbocycles. The Morgan fingerprint density at radius 1 is 0.963 bits per heavy atom. The molecule has 4 aliphatic rings. The van der Waals surface area contributed by atoms with Crippen LogP contribution in [0.1, 0.15) is 65.6 Å². The summed E-state index contributed by atoms with van der Waals surface area (Å²) in [6.07, 6.45) is 32.0. The third-order valence-electron chi connectivity index (χ3n) is 11.0. The summed E-state index contributed by atoms with van der Waals surface area (Å²) in [4.78, 5) is 2.29. The van der Waals surface area contributed by atoms with E-state index in [9.17, 15) is 15.8 Å². The number of para-hydroxylation sites is 1. The Morgan fingerprint density at radius 3 is 2.63 bits per heavy atom. The lowest BCUT2D eigenvalue weighted by atomic mass is 9.72. The number of nitrogens with one attached hydrogen (secondary N) is 1. The van der Waals surface area contributed by atoms with E-state index in [0.29, 0.717) is 29.5 Å². The molecule has 8 rings (SSSR count). The summed E-state index contributed by atoms with van der Waals surface area (Å²) in [5.41, 5.74) is 10.3. The Morgan fingerprint density at radius 2 is 1.83 bits per heavy atom. The highest BCUT2D eigenvalue weighted by Gasteiger charge is 2.38. The third kappa shape index (κ3) is 5.50. The Bertz CT molecular complexity index is 2670. The maximum atomic E-state index is 10.7. The highest BCUT2D eigenvalue weighted by molar-refractivity contribution is 5.98. The highest BCUT2D eigenvalue weighted by Crippen LogP contribution is 2.48. The number of hydrogen-bond acceptors (Lipinski definition) is 5. The quantitative estimate of drug-likeness (QED) is 0.210. The van der Waals surface area contributed by atoms with Gasteiger partial charge in [-0.05, 0) is 91.6 Å². The van der Waals surface area contributed by atoms with Crippen molar-refractivity contribution in [1.29, 1.82) is 15.8 Å². The average Bonchev–Trinajstić information content (AvgIpc) is 3.34. The van der Waals surface area contributed by atoms with Crippen molar-refractivity contribution in [2.24, 2.45) is 0 Å². The molecule has 3 aromatic carbocycles. The molecule has 1 N–H and O–H groups in total. The molecule has 3 heterocycles. The normalized spacial score (nSPS) is 21.3. The van der Waals surface area contributed by atoms with Crippen molar-refractivity contribution in [2.75, 3.05) is 10.2 Å². The van der Waals surface area contributed by atoms with Gasteiger partial charge in [0.2, 0.25) is 0 Å². The van der Waals surface area contributed by atoms with Crippen LogP contribution in [0.15, 0.2) is 150 Å². The molecule has 3 atom stereocenters. The first kappa shape index (κ1) is 33.9. The fourth-order valence-corrected chi connectivity index (χ4v) is 8.36. The van der Waals surface area contributed by atoms with Crippen molar-refractivity contribution >= 4 is 28.5 Å². The molecule has 0 bridgehead atoms. The van der Waals surface area contributed by atoms with Gasteiger partial charge in [0.25, 0.3) is 0 Å². The van der Waals surface area contributed by atoms with Crippen molar-refractivity contribution in [2.45, 2.75) is 44.1 Å². The minimum Gasteiger partial charge on any atom is -0.347 e. The first-order chi connectivity index (χ1) is 26.4. The second-order valence-corrected chi connectivity index (χ2v) is 14.1. The molecular weight excluding hydrogens is 661 g/mol. The molecule has 6 nitrogen and oxygen atoms in total. The molecule has 0 spiro atoms. The number of benzene rings is 3. The fourth-order valence-electron chi connectivity index (χ4n) is 8.36. The standard InChI is InChI=1S/C48H36N6/c1-4-11-43-34(5-2)26-36-12-6-7-15-44(36)53(43)39-14-10-13-35(28-39)40-19-18-38(27-37(40)31-51)48(3)22-9-8-16-46(48)54-45-20-17-32(29-49)24-41(45)42-25-33(30-50)21-23-52-47(42)54/h2,4,6-25,27,35,46,52H,26,28H2,1,3H3/b11-4-. The van der Waals surface area contributed by atoms with E-state index in [1.54, 1.807) is 12.3 Å². The molecule has 54 heavy (non-hydrogen) atoms. The topological polar surface area (TPSA) is 91.6 Å². The van der Waals surface area contributed by atoms with Crippen LogP contribution < -0.4 is 10.2 Å². The average molecular weight is 697 g/mol. The van der Waals surface area contributed by atoms with Gasteiger partial charge in [-0.15, -0.1) is 6.42 Å². The van der Waals surface area contributed by atoms with Crippen molar-refractivity contribution in [3.8, 4) is 30.6 Å². The van der Waals surface area contributed by atoms with Crippen molar-refractivity contribution in [3.05, 3.63) is 184 Å². The van der Waals surface area contributed by atoms with E-state index in [0.717, 1.165) is 56.1 Å². The van der Waals surface area contributed by atoms with Crippen molar-refractivity contribution < 1.29 is 0 Å². The summed E-state index contributed by atoms with van der Waals surface area (Å²) >= 11 is 0. The highest BCUT2D eigenvalue weighted by atomic mass is 15.2. The lowest BCUT2D eigenvalue weighted by Gasteiger charge is -2.39. The number of nitrogens with zero attached hydrogens (tertiary/aromatic N) is 5. The second kappa shape index (κ2) is 13.7. The van der Waals surface area contributed by atoms with Gasteiger partial charge in [-0.3, -0.25) is 0 Å². The van der Waals surface area contributed by atoms with Crippen molar-refractivity contribution in [1.82, 2.24) is 4.57 Å². The zero-order valence-corrected chi connectivity index (χ0v) is 30.1. The van der Waals surface area contributed by atoms with Crippen LogP contribution in [-0.2, 0) is 11.8 Å². The summed E-state index contributed by atoms with van der Waals surface area (Å²) in [7, 11) is 0. The first-order valence-electron chi connectivity index (χ1n) is 18.0. The van der Waals surface area contributed by atoms with Gasteiger partial charge in [-0.25, -0.2) is 0 Å². The van der Waals surface area contributed by atoms with E-state index >= 15 is 0 Å². The van der Waals surface area contributed by atoms with Crippen LogP contribution in [0.2, 0.25) is 0 Å². The Balaban J connectivity index is 1.19. The summed E-state index contributed by atoms with van der Waals surface area (Å²) in [6.45, 7) is 4.21. The molecule has 6 heteroatoms. The van der Waals surface area contributed by atoms with Gasteiger partial charge in [0.15, 0.2) is 0 Å². The summed E-state index contributed by atoms with van der Waals surface area (Å²) < 4.78 is 2.25. The molecule has 0 saturated heterocycles. The molecule has 4 aromatic rings. The van der Waals surface area contributed by atoms with Crippen LogP contribution in [-0.4, -0.2) is 4.57 Å². The number of rotatable bonds is 5. The predicted molar refractivity (Wildman–Crippen MR) is 217 cm³/mol. The predicted octanol–water partition coefficient (Wildman–Crippen LogP) is 10.3. The van der Waals surface area contributed by atoms with Crippen LogP contribution in [0.3, 0.4) is 0 Å². The number of aromatic nitrogens is 1. The van der Waals surface area contributed by atoms with Gasteiger partial charge in [0, 0.05) is 51.9 Å². The van der Waals surface area contributed by atoms with E-state index in [-0.39, 0.29) is 12.0 Å². The minimum absolute atomic E-state index is 0.0232. The fraction of sp³-hybridized carbons (Fsp3) is 0.146. The van der Waals surface area contributed by atoms with Gasteiger partial charge >= 0.3 is 0 Å². The number of fused-ring (bicyclic) bond motifs is 4. The molecule has 3 unspecified atom stereocenters. The maximum Gasteiger partial charge on any atom is 0.119 e. The van der Waals surface area contributed by atoms with Gasteiger partial charge in [-0.1, -0.05) is 78.8 Å². The molecule has 0 fully saturated rings. The summed E-state index contributed by atoms with van der Waals surface area (Å²) in [5, 5.41) is 34.6. The molecule has 258 valence electrons. The molecule has 1 aromatic heterocycles. The number of terminal acetylenes is 1. The maximum absolute atomic E-state index is 10.7. The first-order valence-corrected chi connectivity index (χ1v) is 18.0. The Hall–Kier alpha value is -7.25. The molecule has 0 radical (unpaired) electrons. The van der Waals surface area contributed by atoms with Gasteiger partial charge in [-0.2, -0.15) is 15.8 Å². The van der Waals surface area contributed by atoms with Crippen LogP contribution in [0.5, 0.6) is 0 Å². The third-order valence-corrected chi connectivity index (χ3v) is 11.0. The Kier molecular flexibility index (Phi) is 8.60. The van der Waals surface area contributed by atoms with E-state index in [1.165, 1.54) is 5.56 Å². The van der Waals surface area contributed by atoms with Gasteiger partial charge in [0.1, 0.15) is 5.82 Å². The molecule has 2 aliphatic heterocycles. The molecular formula is C48H36N6. The van der Waals surface area contributed by atoms with E-state index in [2.05, 4.69) is 137 Å². The van der Waals surface area contributed by atoms with Crippen LogP contribution in [0.25, 0.3) is 17.0 Å². The zero-order chi connectivity index (χ0) is 37.4. The summed E-state index contributed by atoms with van der Waals surface area (Å²) in [6, 6.07) is 27.3.